The van der Waals surface area contributed by atoms with Crippen LogP contribution >= 0.6 is 0 Å². The molecule has 3 nitrogen and oxygen atoms in total. The Morgan fingerprint density at radius 3 is 2.50 bits per heavy atom. The number of rotatable bonds is 4. The van der Waals surface area contributed by atoms with E-state index < -0.39 is 5.72 Å². The minimum Gasteiger partial charge on any atom is -0.469 e. The van der Waals surface area contributed by atoms with Gasteiger partial charge in [0.15, 0.2) is 0 Å². The van der Waals surface area contributed by atoms with E-state index in [-0.39, 0.29) is 5.92 Å². The van der Waals surface area contributed by atoms with E-state index in [1.54, 1.807) is 6.26 Å². The lowest BCUT2D eigenvalue weighted by molar-refractivity contribution is -0.0129. The monoisotopic (exact) mass is 245 g/mol. The number of furan rings is 1. The average molecular weight is 245 g/mol. The van der Waals surface area contributed by atoms with Crippen LogP contribution in [-0.4, -0.2) is 5.11 Å². The summed E-state index contributed by atoms with van der Waals surface area (Å²) in [6.07, 6.45) is 2.23. The lowest BCUT2D eigenvalue weighted by Crippen LogP contribution is -2.43. The van der Waals surface area contributed by atoms with Crippen LogP contribution < -0.4 is 5.73 Å². The molecule has 0 aliphatic rings. The Labute approximate surface area is 107 Å². The van der Waals surface area contributed by atoms with Crippen LogP contribution in [0.3, 0.4) is 0 Å². The molecule has 2 atom stereocenters. The van der Waals surface area contributed by atoms with Gasteiger partial charge in [-0.15, -0.1) is 0 Å². The van der Waals surface area contributed by atoms with Crippen LogP contribution in [0.1, 0.15) is 23.8 Å². The van der Waals surface area contributed by atoms with E-state index >= 15 is 0 Å². The maximum atomic E-state index is 10.5. The number of nitrogens with two attached hydrogens (primary N) is 1. The fourth-order valence-electron chi connectivity index (χ4n) is 1.99. The molecule has 1 heterocycles. The molecule has 0 spiro atoms. The van der Waals surface area contributed by atoms with Crippen molar-refractivity contribution in [3.63, 3.8) is 0 Å². The second-order valence-corrected chi connectivity index (χ2v) is 4.88. The predicted molar refractivity (Wildman–Crippen MR) is 70.8 cm³/mol. The molecule has 2 unspecified atom stereocenters. The molecule has 1 aromatic heterocycles. The van der Waals surface area contributed by atoms with Gasteiger partial charge in [-0.3, -0.25) is 5.73 Å². The van der Waals surface area contributed by atoms with E-state index in [0.717, 1.165) is 16.9 Å². The Balaban J connectivity index is 2.16. The molecule has 18 heavy (non-hydrogen) atoms. The van der Waals surface area contributed by atoms with E-state index in [0.29, 0.717) is 6.42 Å². The molecule has 0 aliphatic carbocycles. The van der Waals surface area contributed by atoms with Crippen LogP contribution in [0.2, 0.25) is 0 Å². The molecule has 2 aromatic rings. The van der Waals surface area contributed by atoms with Crippen LogP contribution in [0, 0.1) is 12.8 Å². The van der Waals surface area contributed by atoms with Crippen LogP contribution in [0.15, 0.2) is 47.1 Å². The zero-order valence-corrected chi connectivity index (χ0v) is 10.8. The van der Waals surface area contributed by atoms with Gasteiger partial charge in [-0.1, -0.05) is 36.8 Å². The van der Waals surface area contributed by atoms with Crippen molar-refractivity contribution in [2.24, 2.45) is 11.7 Å². The summed E-state index contributed by atoms with van der Waals surface area (Å²) in [6, 6.07) is 11.4. The summed E-state index contributed by atoms with van der Waals surface area (Å²) in [5.41, 5.74) is 6.59. The van der Waals surface area contributed by atoms with Crippen molar-refractivity contribution in [2.75, 3.05) is 0 Å². The third-order valence-corrected chi connectivity index (χ3v) is 3.35. The van der Waals surface area contributed by atoms with E-state index in [1.165, 1.54) is 0 Å². The molecule has 0 saturated carbocycles. The minimum absolute atomic E-state index is 0.133. The molecule has 3 heteroatoms. The van der Waals surface area contributed by atoms with Crippen molar-refractivity contribution in [3.05, 3.63) is 59.5 Å². The summed E-state index contributed by atoms with van der Waals surface area (Å²) >= 11 is 0. The first-order valence-corrected chi connectivity index (χ1v) is 6.11. The first kappa shape index (κ1) is 12.9. The molecule has 1 aromatic carbocycles. The fraction of sp³-hybridized carbons (Fsp3) is 0.333. The second kappa shape index (κ2) is 4.96. The van der Waals surface area contributed by atoms with Gasteiger partial charge in [0.25, 0.3) is 0 Å². The molecule has 0 bridgehead atoms. The summed E-state index contributed by atoms with van der Waals surface area (Å²) < 4.78 is 5.29. The lowest BCUT2D eigenvalue weighted by Gasteiger charge is -2.30. The maximum Gasteiger partial charge on any atom is 0.142 e. The zero-order chi connectivity index (χ0) is 13.2. The standard InChI is InChI=1S/C15H19NO2/c1-11-5-7-13(8-6-11)15(16,17)12(2)10-14-4-3-9-18-14/h3-9,12,17H,10,16H2,1-2H3. The molecule has 3 N–H and O–H groups in total. The first-order chi connectivity index (χ1) is 8.50. The normalized spacial score (nSPS) is 16.2. The van der Waals surface area contributed by atoms with Gasteiger partial charge in [0, 0.05) is 12.3 Å². The van der Waals surface area contributed by atoms with Gasteiger partial charge in [0.05, 0.1) is 6.26 Å². The van der Waals surface area contributed by atoms with E-state index in [2.05, 4.69) is 0 Å². The molecule has 0 radical (unpaired) electrons. The van der Waals surface area contributed by atoms with Crippen molar-refractivity contribution in [3.8, 4) is 0 Å². The van der Waals surface area contributed by atoms with Crippen molar-refractivity contribution < 1.29 is 9.52 Å². The second-order valence-electron chi connectivity index (χ2n) is 4.88. The molecule has 0 aliphatic heterocycles. The van der Waals surface area contributed by atoms with Gasteiger partial charge in [0.1, 0.15) is 11.5 Å². The third-order valence-electron chi connectivity index (χ3n) is 3.35. The van der Waals surface area contributed by atoms with Crippen LogP contribution in [0.5, 0.6) is 0 Å². The Morgan fingerprint density at radius 1 is 1.28 bits per heavy atom. The Bertz CT molecular complexity index is 486. The summed E-state index contributed by atoms with van der Waals surface area (Å²) in [4.78, 5) is 0. The molecule has 96 valence electrons. The summed E-state index contributed by atoms with van der Waals surface area (Å²) in [7, 11) is 0. The smallest absolute Gasteiger partial charge is 0.142 e. The van der Waals surface area contributed by atoms with Crippen molar-refractivity contribution in [1.82, 2.24) is 0 Å². The average Bonchev–Trinajstić information content (AvgIpc) is 2.82. The molecular weight excluding hydrogens is 226 g/mol. The van der Waals surface area contributed by atoms with Gasteiger partial charge in [-0.05, 0) is 24.6 Å². The molecule has 0 fully saturated rings. The lowest BCUT2D eigenvalue weighted by atomic mass is 9.87. The van der Waals surface area contributed by atoms with E-state index in [1.807, 2.05) is 50.2 Å². The molecule has 0 amide bonds. The number of hydrogen-bond donors (Lipinski definition) is 2. The van der Waals surface area contributed by atoms with E-state index in [9.17, 15) is 5.11 Å². The van der Waals surface area contributed by atoms with Gasteiger partial charge in [-0.2, -0.15) is 0 Å². The van der Waals surface area contributed by atoms with Crippen molar-refractivity contribution in [1.29, 1.82) is 0 Å². The van der Waals surface area contributed by atoms with Crippen LogP contribution in [0.25, 0.3) is 0 Å². The van der Waals surface area contributed by atoms with E-state index in [4.69, 9.17) is 10.2 Å². The SMILES string of the molecule is Cc1ccc(C(N)(O)C(C)Cc2ccco2)cc1. The van der Waals surface area contributed by atoms with Crippen molar-refractivity contribution in [2.45, 2.75) is 26.0 Å². The van der Waals surface area contributed by atoms with Crippen LogP contribution in [0.4, 0.5) is 0 Å². The third kappa shape index (κ3) is 2.63. The highest BCUT2D eigenvalue weighted by atomic mass is 16.3. The zero-order valence-electron chi connectivity index (χ0n) is 10.8. The molecule has 2 rings (SSSR count). The number of benzene rings is 1. The quantitative estimate of drug-likeness (QED) is 0.814. The van der Waals surface area contributed by atoms with Gasteiger partial charge in [0.2, 0.25) is 0 Å². The summed E-state index contributed by atoms with van der Waals surface area (Å²) in [5.74, 6) is 0.699. The topological polar surface area (TPSA) is 59.4 Å². The van der Waals surface area contributed by atoms with Crippen molar-refractivity contribution >= 4 is 0 Å². The first-order valence-electron chi connectivity index (χ1n) is 6.11. The highest BCUT2D eigenvalue weighted by Gasteiger charge is 2.31. The maximum absolute atomic E-state index is 10.5. The largest absolute Gasteiger partial charge is 0.469 e. The Kier molecular flexibility index (Phi) is 3.55. The van der Waals surface area contributed by atoms with Gasteiger partial charge in [-0.25, -0.2) is 0 Å². The highest BCUT2D eigenvalue weighted by molar-refractivity contribution is 5.26. The minimum atomic E-state index is -1.35. The number of hydrogen-bond acceptors (Lipinski definition) is 3. The Hall–Kier alpha value is -1.58. The van der Waals surface area contributed by atoms with Gasteiger partial charge < -0.3 is 9.52 Å². The number of aryl methyl sites for hydroxylation is 1. The molecule has 0 saturated heterocycles. The fourth-order valence-corrected chi connectivity index (χ4v) is 1.99. The highest BCUT2D eigenvalue weighted by Crippen LogP contribution is 2.27. The summed E-state index contributed by atoms with van der Waals surface area (Å²) in [5, 5.41) is 10.5. The Morgan fingerprint density at radius 2 is 1.94 bits per heavy atom. The summed E-state index contributed by atoms with van der Waals surface area (Å²) in [6.45, 7) is 3.92. The van der Waals surface area contributed by atoms with Crippen LogP contribution in [-0.2, 0) is 12.1 Å². The van der Waals surface area contributed by atoms with Gasteiger partial charge >= 0.3 is 0 Å². The number of aliphatic hydroxyl groups is 1. The molecular formula is C15H19NO2. The predicted octanol–water partition coefficient (Wildman–Crippen LogP) is 2.57.